The largest absolute Gasteiger partial charge is 0.484 e. The molecule has 3 nitrogen and oxygen atoms in total. The van der Waals surface area contributed by atoms with E-state index in [-0.39, 0.29) is 12.5 Å². The van der Waals surface area contributed by atoms with E-state index in [1.165, 1.54) is 0 Å². The van der Waals surface area contributed by atoms with Crippen LogP contribution in [0.25, 0.3) is 0 Å². The van der Waals surface area contributed by atoms with Crippen LogP contribution >= 0.6 is 11.6 Å². The molecule has 0 aromatic heterocycles. The third-order valence-electron chi connectivity index (χ3n) is 3.36. The van der Waals surface area contributed by atoms with E-state index in [4.69, 9.17) is 22.8 Å². The van der Waals surface area contributed by atoms with Crippen molar-refractivity contribution in [3.63, 3.8) is 0 Å². The topological polar surface area (TPSA) is 38.3 Å². The van der Waals surface area contributed by atoms with Gasteiger partial charge in [0.05, 0.1) is 0 Å². The number of hydrogen-bond donors (Lipinski definition) is 1. The Bertz CT molecular complexity index is 516. The summed E-state index contributed by atoms with van der Waals surface area (Å²) in [6, 6.07) is 5.27. The second kappa shape index (κ2) is 7.21. The molecular formula is C16H20ClNO2. The number of hydrogen-bond acceptors (Lipinski definition) is 2. The Morgan fingerprint density at radius 3 is 2.60 bits per heavy atom. The van der Waals surface area contributed by atoms with Gasteiger partial charge in [0.25, 0.3) is 5.91 Å². The Kier molecular flexibility index (Phi) is 5.91. The van der Waals surface area contributed by atoms with Gasteiger partial charge in [0.2, 0.25) is 0 Å². The van der Waals surface area contributed by atoms with Crippen LogP contribution in [0.15, 0.2) is 18.2 Å². The summed E-state index contributed by atoms with van der Waals surface area (Å²) < 4.78 is 5.49. The van der Waals surface area contributed by atoms with Gasteiger partial charge in [-0.05, 0) is 43.5 Å². The highest BCUT2D eigenvalue weighted by molar-refractivity contribution is 6.30. The number of halogens is 1. The quantitative estimate of drug-likeness (QED) is 0.817. The van der Waals surface area contributed by atoms with Crippen molar-refractivity contribution in [3.8, 4) is 18.1 Å². The second-order valence-corrected chi connectivity index (χ2v) is 5.12. The first-order valence-electron chi connectivity index (χ1n) is 6.64. The summed E-state index contributed by atoms with van der Waals surface area (Å²) in [6.07, 6.45) is 6.88. The Labute approximate surface area is 125 Å². The maximum atomic E-state index is 11.9. The van der Waals surface area contributed by atoms with Gasteiger partial charge < -0.3 is 10.1 Å². The fraction of sp³-hybridized carbons (Fsp3) is 0.438. The van der Waals surface area contributed by atoms with Crippen molar-refractivity contribution in [3.05, 3.63) is 28.8 Å². The lowest BCUT2D eigenvalue weighted by molar-refractivity contribution is -0.124. The van der Waals surface area contributed by atoms with E-state index >= 15 is 0 Å². The molecule has 0 bridgehead atoms. The minimum atomic E-state index is -0.588. The number of amides is 1. The third-order valence-corrected chi connectivity index (χ3v) is 3.59. The van der Waals surface area contributed by atoms with E-state index in [1.54, 1.807) is 18.2 Å². The molecule has 0 radical (unpaired) electrons. The first-order chi connectivity index (χ1) is 9.46. The van der Waals surface area contributed by atoms with Crippen molar-refractivity contribution in [2.45, 2.75) is 39.2 Å². The van der Waals surface area contributed by atoms with Gasteiger partial charge in [-0.1, -0.05) is 31.4 Å². The smallest absolute Gasteiger partial charge is 0.259 e. The van der Waals surface area contributed by atoms with Gasteiger partial charge in [-0.25, -0.2) is 0 Å². The van der Waals surface area contributed by atoms with Crippen LogP contribution in [0.4, 0.5) is 0 Å². The average Bonchev–Trinajstić information content (AvgIpc) is 2.44. The molecule has 1 N–H and O–H groups in total. The fourth-order valence-corrected chi connectivity index (χ4v) is 2.11. The van der Waals surface area contributed by atoms with Crippen LogP contribution in [-0.4, -0.2) is 18.1 Å². The van der Waals surface area contributed by atoms with E-state index < -0.39 is 5.54 Å². The molecule has 4 heteroatoms. The number of terminal acetylenes is 1. The zero-order chi connectivity index (χ0) is 15.2. The first kappa shape index (κ1) is 16.4. The van der Waals surface area contributed by atoms with Gasteiger partial charge in [-0.15, -0.1) is 6.42 Å². The number of aryl methyl sites for hydroxylation is 1. The van der Waals surface area contributed by atoms with Crippen LogP contribution in [0.3, 0.4) is 0 Å². The van der Waals surface area contributed by atoms with Gasteiger partial charge in [-0.3, -0.25) is 4.79 Å². The normalized spacial score (nSPS) is 10.8. The predicted octanol–water partition coefficient (Wildman–Crippen LogP) is 3.34. The first-order valence-corrected chi connectivity index (χ1v) is 7.02. The number of nitrogens with one attached hydrogen (secondary N) is 1. The molecule has 1 rings (SSSR count). The Morgan fingerprint density at radius 2 is 2.10 bits per heavy atom. The summed E-state index contributed by atoms with van der Waals surface area (Å²) in [5, 5.41) is 3.50. The summed E-state index contributed by atoms with van der Waals surface area (Å²) in [5.74, 6) is 3.08. The highest BCUT2D eigenvalue weighted by Crippen LogP contribution is 2.21. The Balaban J connectivity index is 2.62. The van der Waals surface area contributed by atoms with Crippen molar-refractivity contribution in [1.29, 1.82) is 0 Å². The summed E-state index contributed by atoms with van der Waals surface area (Å²) in [6.45, 7) is 5.72. The Hall–Kier alpha value is -1.66. The number of benzene rings is 1. The molecule has 0 saturated heterocycles. The molecule has 0 aliphatic heterocycles. The van der Waals surface area contributed by atoms with Gasteiger partial charge in [-0.2, -0.15) is 0 Å². The van der Waals surface area contributed by atoms with Crippen LogP contribution in [0.5, 0.6) is 5.75 Å². The number of carbonyl (C=O) groups is 1. The minimum Gasteiger partial charge on any atom is -0.484 e. The molecule has 1 aromatic rings. The highest BCUT2D eigenvalue weighted by atomic mass is 35.5. The number of carbonyl (C=O) groups excluding carboxylic acids is 1. The summed E-state index contributed by atoms with van der Waals surface area (Å²) in [5.41, 5.74) is 0.301. The van der Waals surface area contributed by atoms with Crippen LogP contribution in [-0.2, 0) is 4.79 Å². The monoisotopic (exact) mass is 293 g/mol. The summed E-state index contributed by atoms with van der Waals surface area (Å²) in [4.78, 5) is 11.9. The van der Waals surface area contributed by atoms with Crippen molar-refractivity contribution < 1.29 is 9.53 Å². The van der Waals surface area contributed by atoms with Crippen LogP contribution in [0.2, 0.25) is 5.02 Å². The van der Waals surface area contributed by atoms with Gasteiger partial charge >= 0.3 is 0 Å². The maximum absolute atomic E-state index is 11.9. The summed E-state index contributed by atoms with van der Waals surface area (Å²) >= 11 is 5.87. The SMILES string of the molecule is C#CC(CC)(CC)NC(=O)COc1ccc(Cl)cc1C. The predicted molar refractivity (Wildman–Crippen MR) is 82.0 cm³/mol. The third kappa shape index (κ3) is 4.18. The molecular weight excluding hydrogens is 274 g/mol. The van der Waals surface area contributed by atoms with E-state index in [1.807, 2.05) is 20.8 Å². The molecule has 0 fully saturated rings. The van der Waals surface area contributed by atoms with E-state index in [9.17, 15) is 4.79 Å². The molecule has 0 aliphatic carbocycles. The molecule has 0 heterocycles. The number of ether oxygens (including phenoxy) is 1. The zero-order valence-corrected chi connectivity index (χ0v) is 12.9. The van der Waals surface area contributed by atoms with Crippen LogP contribution in [0, 0.1) is 19.3 Å². The lowest BCUT2D eigenvalue weighted by Gasteiger charge is -2.27. The molecule has 0 aliphatic rings. The van der Waals surface area contributed by atoms with Gasteiger partial charge in [0.15, 0.2) is 6.61 Å². The fourth-order valence-electron chi connectivity index (χ4n) is 1.89. The standard InChI is InChI=1S/C16H20ClNO2/c1-5-16(6-2,7-3)18-15(19)11-20-14-9-8-13(17)10-12(14)4/h1,8-10H,6-7,11H2,2-4H3,(H,18,19). The molecule has 0 atom stereocenters. The lowest BCUT2D eigenvalue weighted by atomic mass is 9.94. The molecule has 0 spiro atoms. The maximum Gasteiger partial charge on any atom is 0.259 e. The van der Waals surface area contributed by atoms with E-state index in [2.05, 4.69) is 11.2 Å². The minimum absolute atomic E-state index is 0.0636. The summed E-state index contributed by atoms with van der Waals surface area (Å²) in [7, 11) is 0. The lowest BCUT2D eigenvalue weighted by Crippen LogP contribution is -2.48. The number of rotatable bonds is 6. The van der Waals surface area contributed by atoms with Gasteiger partial charge in [0.1, 0.15) is 11.3 Å². The van der Waals surface area contributed by atoms with Crippen molar-refractivity contribution in [2.75, 3.05) is 6.61 Å². The molecule has 1 aromatic carbocycles. The molecule has 1 amide bonds. The van der Waals surface area contributed by atoms with Crippen molar-refractivity contribution in [2.24, 2.45) is 0 Å². The Morgan fingerprint density at radius 1 is 1.45 bits per heavy atom. The van der Waals surface area contributed by atoms with E-state index in [0.29, 0.717) is 23.6 Å². The average molecular weight is 294 g/mol. The molecule has 20 heavy (non-hydrogen) atoms. The molecule has 0 saturated carbocycles. The zero-order valence-electron chi connectivity index (χ0n) is 12.1. The van der Waals surface area contributed by atoms with E-state index in [0.717, 1.165) is 5.56 Å². The highest BCUT2D eigenvalue weighted by Gasteiger charge is 2.25. The molecule has 0 unspecified atom stereocenters. The second-order valence-electron chi connectivity index (χ2n) is 4.68. The van der Waals surface area contributed by atoms with Gasteiger partial charge in [0, 0.05) is 5.02 Å². The van der Waals surface area contributed by atoms with Crippen molar-refractivity contribution >= 4 is 17.5 Å². The van der Waals surface area contributed by atoms with Crippen molar-refractivity contribution in [1.82, 2.24) is 5.32 Å². The van der Waals surface area contributed by atoms with Crippen LogP contribution < -0.4 is 10.1 Å². The van der Waals surface area contributed by atoms with Crippen LogP contribution in [0.1, 0.15) is 32.3 Å². The molecule has 108 valence electrons.